The van der Waals surface area contributed by atoms with Crippen molar-refractivity contribution >= 4 is 5.91 Å². The Morgan fingerprint density at radius 2 is 2.08 bits per heavy atom. The van der Waals surface area contributed by atoms with Gasteiger partial charge in [-0.15, -0.1) is 5.10 Å². The number of rotatable bonds is 7. The summed E-state index contributed by atoms with van der Waals surface area (Å²) >= 11 is 0. The molecule has 1 N–H and O–H groups in total. The summed E-state index contributed by atoms with van der Waals surface area (Å²) in [6.07, 6.45) is 1.64. The summed E-state index contributed by atoms with van der Waals surface area (Å²) in [4.78, 5) is 12.0. The number of hydrogen-bond donors (Lipinski definition) is 1. The van der Waals surface area contributed by atoms with Crippen LogP contribution in [0.1, 0.15) is 17.1 Å². The Hall–Kier alpha value is -3.23. The average molecular weight is 358 g/mol. The van der Waals surface area contributed by atoms with Gasteiger partial charge in [-0.2, -0.15) is 5.10 Å². The first-order chi connectivity index (χ1) is 12.5. The molecule has 0 aliphatic carbocycles. The van der Waals surface area contributed by atoms with E-state index in [1.54, 1.807) is 10.9 Å². The highest BCUT2D eigenvalue weighted by atomic mass is 19.1. The Labute approximate surface area is 149 Å². The van der Waals surface area contributed by atoms with Gasteiger partial charge in [0.15, 0.2) is 0 Å². The summed E-state index contributed by atoms with van der Waals surface area (Å²) in [7, 11) is 1.83. The summed E-state index contributed by atoms with van der Waals surface area (Å²) < 4.78 is 21.5. The van der Waals surface area contributed by atoms with Gasteiger partial charge in [-0.3, -0.25) is 9.48 Å². The highest BCUT2D eigenvalue weighted by Crippen LogP contribution is 2.12. The maximum absolute atomic E-state index is 12.8. The summed E-state index contributed by atoms with van der Waals surface area (Å²) in [6.45, 7) is 2.53. The number of halogens is 1. The molecule has 0 spiro atoms. The Kier molecular flexibility index (Phi) is 5.26. The van der Waals surface area contributed by atoms with Crippen molar-refractivity contribution in [2.75, 3.05) is 0 Å². The van der Waals surface area contributed by atoms with Gasteiger partial charge in [0.1, 0.15) is 30.4 Å². The number of nitrogens with zero attached hydrogens (tertiary/aromatic N) is 5. The molecule has 0 atom stereocenters. The number of carbonyl (C=O) groups is 1. The summed E-state index contributed by atoms with van der Waals surface area (Å²) in [5, 5.41) is 14.9. The Morgan fingerprint density at radius 1 is 1.31 bits per heavy atom. The van der Waals surface area contributed by atoms with Crippen molar-refractivity contribution in [2.45, 2.75) is 26.6 Å². The van der Waals surface area contributed by atoms with E-state index in [-0.39, 0.29) is 24.9 Å². The topological polar surface area (TPSA) is 86.9 Å². The van der Waals surface area contributed by atoms with Crippen LogP contribution in [0.15, 0.2) is 36.5 Å². The van der Waals surface area contributed by atoms with Crippen LogP contribution in [0, 0.1) is 12.7 Å². The Balaban J connectivity index is 1.47. The summed E-state index contributed by atoms with van der Waals surface area (Å²) in [6, 6.07) is 7.63. The highest BCUT2D eigenvalue weighted by molar-refractivity contribution is 5.75. The van der Waals surface area contributed by atoms with E-state index in [1.807, 2.05) is 20.0 Å². The first-order valence-electron chi connectivity index (χ1n) is 8.03. The van der Waals surface area contributed by atoms with Crippen LogP contribution in [0.25, 0.3) is 0 Å². The maximum Gasteiger partial charge on any atom is 0.242 e. The van der Waals surface area contributed by atoms with Crippen LogP contribution in [0.3, 0.4) is 0 Å². The lowest BCUT2D eigenvalue weighted by atomic mass is 10.3. The molecule has 26 heavy (non-hydrogen) atoms. The monoisotopic (exact) mass is 358 g/mol. The quantitative estimate of drug-likeness (QED) is 0.689. The molecule has 3 rings (SSSR count). The molecule has 0 aliphatic heterocycles. The second-order valence-electron chi connectivity index (χ2n) is 5.83. The molecule has 3 aromatic rings. The zero-order valence-electron chi connectivity index (χ0n) is 14.5. The highest BCUT2D eigenvalue weighted by Gasteiger charge is 2.08. The standard InChI is InChI=1S/C17H19FN6O2/c1-12-7-15(23(2)21-12)8-19-17(25)10-24-9-14(20-22-24)11-26-16-5-3-13(18)4-6-16/h3-7,9H,8,10-11H2,1-2H3,(H,19,25). The molecule has 0 fully saturated rings. The molecular weight excluding hydrogens is 339 g/mol. The zero-order valence-corrected chi connectivity index (χ0v) is 14.5. The minimum Gasteiger partial charge on any atom is -0.487 e. The maximum atomic E-state index is 12.8. The van der Waals surface area contributed by atoms with Crippen molar-refractivity contribution in [1.82, 2.24) is 30.1 Å². The first kappa shape index (κ1) is 17.6. The van der Waals surface area contributed by atoms with Crippen molar-refractivity contribution in [2.24, 2.45) is 7.05 Å². The number of benzene rings is 1. The third-order valence-electron chi connectivity index (χ3n) is 3.66. The lowest BCUT2D eigenvalue weighted by molar-refractivity contribution is -0.122. The van der Waals surface area contributed by atoms with E-state index in [4.69, 9.17) is 4.74 Å². The third-order valence-corrected chi connectivity index (χ3v) is 3.66. The number of aryl methyl sites for hydroxylation is 2. The van der Waals surface area contributed by atoms with E-state index >= 15 is 0 Å². The van der Waals surface area contributed by atoms with Crippen molar-refractivity contribution in [1.29, 1.82) is 0 Å². The van der Waals surface area contributed by atoms with Crippen LogP contribution in [-0.2, 0) is 31.5 Å². The number of amides is 1. The second-order valence-corrected chi connectivity index (χ2v) is 5.83. The molecular formula is C17H19FN6O2. The molecule has 136 valence electrons. The van der Waals surface area contributed by atoms with E-state index in [1.165, 1.54) is 28.9 Å². The SMILES string of the molecule is Cc1cc(CNC(=O)Cn2cc(COc3ccc(F)cc3)nn2)n(C)n1. The van der Waals surface area contributed by atoms with E-state index in [9.17, 15) is 9.18 Å². The molecule has 0 unspecified atom stereocenters. The van der Waals surface area contributed by atoms with E-state index in [2.05, 4.69) is 20.7 Å². The largest absolute Gasteiger partial charge is 0.487 e. The van der Waals surface area contributed by atoms with Crippen LogP contribution >= 0.6 is 0 Å². The lowest BCUT2D eigenvalue weighted by Crippen LogP contribution is -2.28. The molecule has 0 aliphatic rings. The van der Waals surface area contributed by atoms with Crippen LogP contribution in [0.5, 0.6) is 5.75 Å². The molecule has 0 saturated carbocycles. The predicted octanol–water partition coefficient (Wildman–Crippen LogP) is 1.35. The number of carbonyl (C=O) groups excluding carboxylic acids is 1. The zero-order chi connectivity index (χ0) is 18.5. The van der Waals surface area contributed by atoms with Crippen molar-refractivity contribution in [3.63, 3.8) is 0 Å². The predicted molar refractivity (Wildman–Crippen MR) is 90.5 cm³/mol. The van der Waals surface area contributed by atoms with Gasteiger partial charge in [0, 0.05) is 7.05 Å². The average Bonchev–Trinajstić information content (AvgIpc) is 3.18. The van der Waals surface area contributed by atoms with Crippen LogP contribution < -0.4 is 10.1 Å². The van der Waals surface area contributed by atoms with E-state index in [0.29, 0.717) is 18.0 Å². The fourth-order valence-electron chi connectivity index (χ4n) is 2.39. The first-order valence-corrected chi connectivity index (χ1v) is 8.03. The molecule has 0 saturated heterocycles. The number of ether oxygens (including phenoxy) is 1. The molecule has 1 amide bonds. The number of nitrogens with one attached hydrogen (secondary N) is 1. The lowest BCUT2D eigenvalue weighted by Gasteiger charge is -2.05. The molecule has 2 heterocycles. The second kappa shape index (κ2) is 7.77. The van der Waals surface area contributed by atoms with Crippen molar-refractivity contribution < 1.29 is 13.9 Å². The molecule has 0 radical (unpaired) electrons. The minimum atomic E-state index is -0.324. The third kappa shape index (κ3) is 4.65. The van der Waals surface area contributed by atoms with Crippen molar-refractivity contribution in [3.05, 3.63) is 59.4 Å². The van der Waals surface area contributed by atoms with Crippen molar-refractivity contribution in [3.8, 4) is 5.75 Å². The minimum absolute atomic E-state index is 0.0559. The summed E-state index contributed by atoms with van der Waals surface area (Å²) in [5.41, 5.74) is 2.39. The van der Waals surface area contributed by atoms with Gasteiger partial charge in [0.2, 0.25) is 5.91 Å². The molecule has 2 aromatic heterocycles. The summed E-state index contributed by atoms with van der Waals surface area (Å²) in [5.74, 6) is 0.0283. The van der Waals surface area contributed by atoms with Gasteiger partial charge in [0.25, 0.3) is 0 Å². The Morgan fingerprint density at radius 3 is 2.77 bits per heavy atom. The van der Waals surface area contributed by atoms with Gasteiger partial charge in [-0.05, 0) is 37.3 Å². The molecule has 1 aromatic carbocycles. The Bertz CT molecular complexity index is 887. The van der Waals surface area contributed by atoms with Gasteiger partial charge >= 0.3 is 0 Å². The number of hydrogen-bond acceptors (Lipinski definition) is 5. The van der Waals surface area contributed by atoms with Crippen LogP contribution in [-0.4, -0.2) is 30.7 Å². The van der Waals surface area contributed by atoms with Crippen LogP contribution in [0.4, 0.5) is 4.39 Å². The molecule has 8 nitrogen and oxygen atoms in total. The van der Waals surface area contributed by atoms with Crippen LogP contribution in [0.2, 0.25) is 0 Å². The smallest absolute Gasteiger partial charge is 0.242 e. The normalized spacial score (nSPS) is 10.7. The van der Waals surface area contributed by atoms with E-state index < -0.39 is 0 Å². The van der Waals surface area contributed by atoms with Gasteiger partial charge in [0.05, 0.1) is 24.1 Å². The molecule has 9 heteroatoms. The van der Waals surface area contributed by atoms with E-state index in [0.717, 1.165) is 11.4 Å². The van der Waals surface area contributed by atoms with Gasteiger partial charge in [-0.25, -0.2) is 9.07 Å². The fourth-order valence-corrected chi connectivity index (χ4v) is 2.39. The number of aromatic nitrogens is 5. The van der Waals surface area contributed by atoms with Gasteiger partial charge in [-0.1, -0.05) is 5.21 Å². The molecule has 0 bridgehead atoms. The fraction of sp³-hybridized carbons (Fsp3) is 0.294. The van der Waals surface area contributed by atoms with Gasteiger partial charge < -0.3 is 10.1 Å².